The van der Waals surface area contributed by atoms with Gasteiger partial charge in [-0.05, 0) is 48.4 Å². The van der Waals surface area contributed by atoms with Gasteiger partial charge in [0.2, 0.25) is 5.91 Å². The molecule has 2 aromatic rings. The molecule has 0 spiro atoms. The lowest BCUT2D eigenvalue weighted by atomic mass is 10.1. The summed E-state index contributed by atoms with van der Waals surface area (Å²) in [6, 6.07) is 16.6. The Morgan fingerprint density at radius 3 is 2.45 bits per heavy atom. The number of anilines is 1. The van der Waals surface area contributed by atoms with E-state index in [9.17, 15) is 14.9 Å². The molecular weight excluding hydrogens is 454 g/mol. The molecule has 0 saturated carbocycles. The van der Waals surface area contributed by atoms with E-state index in [1.165, 1.54) is 23.7 Å². The Morgan fingerprint density at radius 2 is 1.90 bits per heavy atom. The summed E-state index contributed by atoms with van der Waals surface area (Å²) in [5.41, 5.74) is 1.49. The molecule has 2 amide bonds. The van der Waals surface area contributed by atoms with Gasteiger partial charge in [0, 0.05) is 17.2 Å². The Hall–Kier alpha value is -2.76. The summed E-state index contributed by atoms with van der Waals surface area (Å²) in [6.45, 7) is 0. The first-order valence-electron chi connectivity index (χ1n) is 8.74. The lowest BCUT2D eigenvalue weighted by molar-refractivity contribution is -0.117. The fraction of sp³-hybridized carbons (Fsp3) is 0.190. The lowest BCUT2D eigenvalue weighted by Crippen LogP contribution is -2.31. The van der Waals surface area contributed by atoms with Gasteiger partial charge in [-0.3, -0.25) is 14.5 Å². The third kappa shape index (κ3) is 4.47. The van der Waals surface area contributed by atoms with Crippen LogP contribution in [0.5, 0.6) is 5.75 Å². The first-order chi connectivity index (χ1) is 14.0. The van der Waals surface area contributed by atoms with Crippen LogP contribution >= 0.6 is 27.7 Å². The van der Waals surface area contributed by atoms with Crippen molar-refractivity contribution in [2.75, 3.05) is 19.1 Å². The first-order valence-corrected chi connectivity index (χ1v) is 10.4. The molecule has 29 heavy (non-hydrogen) atoms. The number of amides is 2. The lowest BCUT2D eigenvalue weighted by Gasteiger charge is -2.18. The number of hydrogen-bond donors (Lipinski definition) is 1. The molecule has 148 valence electrons. The van der Waals surface area contributed by atoms with Crippen LogP contribution in [0.15, 0.2) is 63.6 Å². The molecule has 1 aliphatic heterocycles. The molecule has 3 rings (SSSR count). The zero-order valence-electron chi connectivity index (χ0n) is 15.8. The van der Waals surface area contributed by atoms with Crippen molar-refractivity contribution in [3.05, 3.63) is 69.2 Å². The average molecular weight is 472 g/mol. The Kier molecular flexibility index (Phi) is 6.62. The number of carbonyl (C=O) groups excluding carboxylic acids is 2. The number of halogens is 1. The largest absolute Gasteiger partial charge is 0.497 e. The number of likely N-dealkylation sites (N-methyl/N-ethyl adjacent to an activating group) is 1. The zero-order valence-corrected chi connectivity index (χ0v) is 18.2. The molecule has 2 aromatic carbocycles. The quantitative estimate of drug-likeness (QED) is 0.531. The number of nitrogens with zero attached hydrogens (tertiary/aromatic N) is 2. The van der Waals surface area contributed by atoms with E-state index in [-0.39, 0.29) is 11.5 Å². The molecule has 1 heterocycles. The number of ether oxygens (including phenoxy) is 1. The van der Waals surface area contributed by atoms with Crippen molar-refractivity contribution >= 4 is 45.2 Å². The fourth-order valence-electron chi connectivity index (χ4n) is 2.91. The second-order valence-electron chi connectivity index (χ2n) is 6.18. The third-order valence-corrected chi connectivity index (χ3v) is 6.19. The molecule has 1 fully saturated rings. The second kappa shape index (κ2) is 9.16. The number of rotatable bonds is 5. The van der Waals surface area contributed by atoms with E-state index in [2.05, 4.69) is 21.2 Å². The minimum Gasteiger partial charge on any atom is -0.497 e. The van der Waals surface area contributed by atoms with Crippen molar-refractivity contribution in [2.24, 2.45) is 0 Å². The van der Waals surface area contributed by atoms with Crippen LogP contribution < -0.4 is 15.0 Å². The van der Waals surface area contributed by atoms with Crippen molar-refractivity contribution in [2.45, 2.75) is 11.7 Å². The van der Waals surface area contributed by atoms with Crippen molar-refractivity contribution < 1.29 is 14.3 Å². The van der Waals surface area contributed by atoms with Gasteiger partial charge in [-0.15, -0.1) is 0 Å². The Balaban J connectivity index is 2.00. The molecular formula is C21H18BrN3O3S. The molecule has 0 aliphatic carbocycles. The number of nitrogens with one attached hydrogen (secondary N) is 1. The highest BCUT2D eigenvalue weighted by Gasteiger charge is 2.40. The van der Waals surface area contributed by atoms with Crippen molar-refractivity contribution in [3.63, 3.8) is 0 Å². The van der Waals surface area contributed by atoms with E-state index < -0.39 is 11.2 Å². The average Bonchev–Trinajstić information content (AvgIpc) is 3.05. The topological polar surface area (TPSA) is 82.4 Å². The standard InChI is InChI=1S/C21H18BrN3O3S/c1-24-19(26)17(12-23)21-25(15-7-5-14(22)6-8-15)20(27)18(29-21)11-13-3-9-16(28-2)10-4-13/h3-10,18H,11H2,1-2H3,(H,24,26)/b21-17+/t18-/m0/s1. The maximum Gasteiger partial charge on any atom is 0.264 e. The number of benzene rings is 2. The monoisotopic (exact) mass is 471 g/mol. The van der Waals surface area contributed by atoms with E-state index in [0.29, 0.717) is 17.1 Å². The van der Waals surface area contributed by atoms with Gasteiger partial charge in [-0.1, -0.05) is 39.8 Å². The van der Waals surface area contributed by atoms with E-state index >= 15 is 0 Å². The van der Waals surface area contributed by atoms with Gasteiger partial charge in [-0.25, -0.2) is 0 Å². The van der Waals surface area contributed by atoms with Gasteiger partial charge in [0.1, 0.15) is 22.4 Å². The smallest absolute Gasteiger partial charge is 0.264 e. The number of nitriles is 1. The molecule has 0 bridgehead atoms. The molecule has 1 saturated heterocycles. The molecule has 6 nitrogen and oxygen atoms in total. The van der Waals surface area contributed by atoms with E-state index in [0.717, 1.165) is 15.8 Å². The van der Waals surface area contributed by atoms with Crippen molar-refractivity contribution in [3.8, 4) is 11.8 Å². The summed E-state index contributed by atoms with van der Waals surface area (Å²) in [6.07, 6.45) is 0.469. The van der Waals surface area contributed by atoms with E-state index in [1.807, 2.05) is 42.5 Å². The molecule has 1 aliphatic rings. The van der Waals surface area contributed by atoms with Gasteiger partial charge in [0.05, 0.1) is 12.4 Å². The van der Waals surface area contributed by atoms with Crippen LogP contribution in [0.1, 0.15) is 5.56 Å². The van der Waals surface area contributed by atoms with E-state index in [1.54, 1.807) is 19.2 Å². The van der Waals surface area contributed by atoms with Gasteiger partial charge < -0.3 is 10.1 Å². The summed E-state index contributed by atoms with van der Waals surface area (Å²) in [4.78, 5) is 26.9. The van der Waals surface area contributed by atoms with Gasteiger partial charge in [-0.2, -0.15) is 5.26 Å². The summed E-state index contributed by atoms with van der Waals surface area (Å²) in [5.74, 6) is 0.0532. The van der Waals surface area contributed by atoms with Crippen LogP contribution in [0.25, 0.3) is 0 Å². The molecule has 1 atom stereocenters. The molecule has 0 unspecified atom stereocenters. The second-order valence-corrected chi connectivity index (χ2v) is 8.29. The molecule has 1 N–H and O–H groups in total. The summed E-state index contributed by atoms with van der Waals surface area (Å²) in [7, 11) is 3.06. The van der Waals surface area contributed by atoms with Crippen LogP contribution in [0.2, 0.25) is 0 Å². The summed E-state index contributed by atoms with van der Waals surface area (Å²) < 4.78 is 6.04. The van der Waals surface area contributed by atoms with Gasteiger partial charge >= 0.3 is 0 Å². The molecule has 0 aromatic heterocycles. The minimum absolute atomic E-state index is 0.0778. The Morgan fingerprint density at radius 1 is 1.24 bits per heavy atom. The summed E-state index contributed by atoms with van der Waals surface area (Å²) in [5, 5.41) is 11.9. The zero-order chi connectivity index (χ0) is 21.0. The SMILES string of the molecule is CNC(=O)/C(C#N)=C1/S[C@@H](Cc2ccc(OC)cc2)C(=O)N1c1ccc(Br)cc1. The number of methoxy groups -OCH3 is 1. The highest BCUT2D eigenvalue weighted by atomic mass is 79.9. The van der Waals surface area contributed by atoms with Crippen LogP contribution in [-0.4, -0.2) is 31.2 Å². The predicted octanol–water partition coefficient (Wildman–Crippen LogP) is 3.63. The van der Waals surface area contributed by atoms with Gasteiger partial charge in [0.25, 0.3) is 5.91 Å². The highest BCUT2D eigenvalue weighted by Crippen LogP contribution is 2.42. The number of thioether (sulfide) groups is 1. The fourth-order valence-corrected chi connectivity index (χ4v) is 4.49. The number of carbonyl (C=O) groups is 2. The first kappa shape index (κ1) is 21.0. The van der Waals surface area contributed by atoms with Crippen LogP contribution in [0.4, 0.5) is 5.69 Å². The maximum absolute atomic E-state index is 13.3. The molecule has 8 heteroatoms. The van der Waals surface area contributed by atoms with Crippen LogP contribution in [0.3, 0.4) is 0 Å². The highest BCUT2D eigenvalue weighted by molar-refractivity contribution is 9.10. The van der Waals surface area contributed by atoms with Crippen molar-refractivity contribution in [1.29, 1.82) is 5.26 Å². The van der Waals surface area contributed by atoms with Crippen molar-refractivity contribution in [1.82, 2.24) is 5.32 Å². The van der Waals surface area contributed by atoms with Gasteiger partial charge in [0.15, 0.2) is 0 Å². The normalized spacial score (nSPS) is 17.7. The Labute approximate surface area is 181 Å². The van der Waals surface area contributed by atoms with Crippen LogP contribution in [-0.2, 0) is 16.0 Å². The number of hydrogen-bond acceptors (Lipinski definition) is 5. The third-order valence-electron chi connectivity index (χ3n) is 4.40. The maximum atomic E-state index is 13.3. The minimum atomic E-state index is -0.519. The predicted molar refractivity (Wildman–Crippen MR) is 116 cm³/mol. The van der Waals surface area contributed by atoms with Crippen LogP contribution in [0, 0.1) is 11.3 Å². The molecule has 0 radical (unpaired) electrons. The van der Waals surface area contributed by atoms with E-state index in [4.69, 9.17) is 4.74 Å². The Bertz CT molecular complexity index is 997. The summed E-state index contributed by atoms with van der Waals surface area (Å²) >= 11 is 4.62.